The zero-order chi connectivity index (χ0) is 16.3. The van der Waals surface area contributed by atoms with Gasteiger partial charge in [-0.2, -0.15) is 5.10 Å². The van der Waals surface area contributed by atoms with E-state index in [1.54, 1.807) is 23.9 Å². The monoisotopic (exact) mass is 337 g/mol. The number of hydrogen-bond acceptors (Lipinski definition) is 2. The summed E-state index contributed by atoms with van der Waals surface area (Å²) in [6.07, 6.45) is 3.11. The van der Waals surface area contributed by atoms with Gasteiger partial charge in [0.25, 0.3) is 0 Å². The highest BCUT2D eigenvalue weighted by Gasteiger charge is 2.12. The standard InChI is InChI=1S/C16H17Cl2N3O/c1-10(12-6-4-5-7-14(12)17)19-15(22)9-8-13-11(2)20-21(3)16(13)18/h4-10H,1-3H3,(H,19,22)/b9-8+. The molecule has 0 aliphatic carbocycles. The van der Waals surface area contributed by atoms with E-state index in [1.807, 2.05) is 32.0 Å². The minimum absolute atomic E-state index is 0.184. The lowest BCUT2D eigenvalue weighted by molar-refractivity contribution is -0.117. The van der Waals surface area contributed by atoms with Gasteiger partial charge >= 0.3 is 0 Å². The first-order valence-electron chi connectivity index (χ1n) is 6.82. The summed E-state index contributed by atoms with van der Waals surface area (Å²) in [6, 6.07) is 7.25. The first kappa shape index (κ1) is 16.6. The molecule has 1 unspecified atom stereocenters. The molecule has 0 radical (unpaired) electrons. The van der Waals surface area contributed by atoms with E-state index in [0.29, 0.717) is 10.2 Å². The van der Waals surface area contributed by atoms with Crippen molar-refractivity contribution in [2.45, 2.75) is 19.9 Å². The van der Waals surface area contributed by atoms with Gasteiger partial charge in [-0.1, -0.05) is 41.4 Å². The second-order valence-electron chi connectivity index (χ2n) is 5.00. The molecule has 0 saturated carbocycles. The molecule has 4 nitrogen and oxygen atoms in total. The van der Waals surface area contributed by atoms with Crippen LogP contribution in [0.4, 0.5) is 0 Å². The van der Waals surface area contributed by atoms with Gasteiger partial charge in [-0.15, -0.1) is 0 Å². The average Bonchev–Trinajstić information content (AvgIpc) is 2.70. The van der Waals surface area contributed by atoms with E-state index in [0.717, 1.165) is 16.8 Å². The molecule has 0 fully saturated rings. The number of nitrogens with zero attached hydrogens (tertiary/aromatic N) is 2. The zero-order valence-corrected chi connectivity index (χ0v) is 14.1. The van der Waals surface area contributed by atoms with Crippen LogP contribution in [0.25, 0.3) is 6.08 Å². The van der Waals surface area contributed by atoms with Crippen LogP contribution in [0.1, 0.15) is 29.8 Å². The topological polar surface area (TPSA) is 46.9 Å². The lowest BCUT2D eigenvalue weighted by atomic mass is 10.1. The third kappa shape index (κ3) is 3.70. The summed E-state index contributed by atoms with van der Waals surface area (Å²) < 4.78 is 1.57. The maximum Gasteiger partial charge on any atom is 0.244 e. The summed E-state index contributed by atoms with van der Waals surface area (Å²) in [5.74, 6) is -0.216. The van der Waals surface area contributed by atoms with E-state index in [1.165, 1.54) is 6.08 Å². The number of carbonyl (C=O) groups is 1. The van der Waals surface area contributed by atoms with Crippen LogP contribution in [0.5, 0.6) is 0 Å². The maximum absolute atomic E-state index is 12.0. The minimum atomic E-state index is -0.216. The molecule has 22 heavy (non-hydrogen) atoms. The fourth-order valence-electron chi connectivity index (χ4n) is 2.16. The van der Waals surface area contributed by atoms with Crippen LogP contribution in [0, 0.1) is 6.92 Å². The third-order valence-electron chi connectivity index (χ3n) is 3.33. The molecule has 1 heterocycles. The number of rotatable bonds is 4. The predicted octanol–water partition coefficient (Wildman–Crippen LogP) is 3.93. The number of carbonyl (C=O) groups excluding carboxylic acids is 1. The quantitative estimate of drug-likeness (QED) is 0.859. The third-order valence-corrected chi connectivity index (χ3v) is 4.12. The Morgan fingerprint density at radius 3 is 2.64 bits per heavy atom. The van der Waals surface area contributed by atoms with Crippen LogP contribution in [0.3, 0.4) is 0 Å². The van der Waals surface area contributed by atoms with Crippen LogP contribution in [0.15, 0.2) is 30.3 Å². The van der Waals surface area contributed by atoms with Crippen molar-refractivity contribution < 1.29 is 4.79 Å². The molecule has 1 aromatic carbocycles. The van der Waals surface area contributed by atoms with Gasteiger partial charge in [0, 0.05) is 23.7 Å². The minimum Gasteiger partial charge on any atom is -0.346 e. The molecule has 1 amide bonds. The number of nitrogens with one attached hydrogen (secondary N) is 1. The Bertz CT molecular complexity index is 722. The van der Waals surface area contributed by atoms with Crippen molar-refractivity contribution in [3.63, 3.8) is 0 Å². The molecule has 0 bridgehead atoms. The molecule has 0 aliphatic rings. The van der Waals surface area contributed by atoms with Gasteiger partial charge in [0.15, 0.2) is 0 Å². The van der Waals surface area contributed by atoms with Crippen molar-refractivity contribution in [1.82, 2.24) is 15.1 Å². The van der Waals surface area contributed by atoms with Crippen molar-refractivity contribution >= 4 is 35.2 Å². The first-order valence-corrected chi connectivity index (χ1v) is 7.58. The highest BCUT2D eigenvalue weighted by atomic mass is 35.5. The lowest BCUT2D eigenvalue weighted by Crippen LogP contribution is -2.24. The van der Waals surface area contributed by atoms with E-state index in [2.05, 4.69) is 10.4 Å². The largest absolute Gasteiger partial charge is 0.346 e. The van der Waals surface area contributed by atoms with Crippen molar-refractivity contribution in [3.05, 3.63) is 57.3 Å². The van der Waals surface area contributed by atoms with Crippen LogP contribution < -0.4 is 5.32 Å². The SMILES string of the molecule is Cc1nn(C)c(Cl)c1/C=C/C(=O)NC(C)c1ccccc1Cl. The van der Waals surface area contributed by atoms with Gasteiger partial charge in [0.2, 0.25) is 5.91 Å². The molecule has 2 rings (SSSR count). The first-order chi connectivity index (χ1) is 10.4. The molecule has 0 aliphatic heterocycles. The van der Waals surface area contributed by atoms with E-state index >= 15 is 0 Å². The van der Waals surface area contributed by atoms with Gasteiger partial charge in [0.1, 0.15) is 5.15 Å². The Morgan fingerprint density at radius 2 is 2.05 bits per heavy atom. The molecule has 0 saturated heterocycles. The molecule has 1 aromatic heterocycles. The number of aromatic nitrogens is 2. The predicted molar refractivity (Wildman–Crippen MR) is 90.0 cm³/mol. The normalized spacial score (nSPS) is 12.6. The maximum atomic E-state index is 12.0. The molecule has 0 spiro atoms. The number of hydrogen-bond donors (Lipinski definition) is 1. The van der Waals surface area contributed by atoms with Crippen LogP contribution in [-0.2, 0) is 11.8 Å². The van der Waals surface area contributed by atoms with Gasteiger partial charge in [0.05, 0.1) is 11.7 Å². The van der Waals surface area contributed by atoms with Crippen molar-refractivity contribution in [3.8, 4) is 0 Å². The Kier molecular flexibility index (Phi) is 5.27. The molecule has 1 N–H and O–H groups in total. The van der Waals surface area contributed by atoms with E-state index in [9.17, 15) is 4.79 Å². The second kappa shape index (κ2) is 6.99. The summed E-state index contributed by atoms with van der Waals surface area (Å²) in [4.78, 5) is 12.0. The van der Waals surface area contributed by atoms with Gasteiger partial charge < -0.3 is 5.32 Å². The Balaban J connectivity index is 2.07. The Hall–Kier alpha value is -1.78. The van der Waals surface area contributed by atoms with Crippen molar-refractivity contribution in [2.24, 2.45) is 7.05 Å². The molecule has 2 aromatic rings. The summed E-state index contributed by atoms with van der Waals surface area (Å²) in [5, 5.41) is 8.20. The number of benzene rings is 1. The number of halogens is 2. The molecule has 1 atom stereocenters. The van der Waals surface area contributed by atoms with Crippen molar-refractivity contribution in [1.29, 1.82) is 0 Å². The van der Waals surface area contributed by atoms with Gasteiger partial charge in [-0.3, -0.25) is 9.48 Å². The molecule has 6 heteroatoms. The summed E-state index contributed by atoms with van der Waals surface area (Å²) in [5.41, 5.74) is 2.39. The zero-order valence-electron chi connectivity index (χ0n) is 12.6. The molecular weight excluding hydrogens is 321 g/mol. The molecular formula is C16H17Cl2N3O. The Labute approximate surface area is 139 Å². The Morgan fingerprint density at radius 1 is 1.36 bits per heavy atom. The number of amides is 1. The van der Waals surface area contributed by atoms with Gasteiger partial charge in [-0.05, 0) is 31.6 Å². The highest BCUT2D eigenvalue weighted by Crippen LogP contribution is 2.22. The summed E-state index contributed by atoms with van der Waals surface area (Å²) in [6.45, 7) is 3.73. The van der Waals surface area contributed by atoms with Gasteiger partial charge in [-0.25, -0.2) is 0 Å². The number of aryl methyl sites for hydroxylation is 2. The summed E-state index contributed by atoms with van der Waals surface area (Å²) in [7, 11) is 1.76. The van der Waals surface area contributed by atoms with Crippen molar-refractivity contribution in [2.75, 3.05) is 0 Å². The van der Waals surface area contributed by atoms with Crippen LogP contribution in [-0.4, -0.2) is 15.7 Å². The van der Waals surface area contributed by atoms with E-state index in [-0.39, 0.29) is 11.9 Å². The fourth-order valence-corrected chi connectivity index (χ4v) is 2.70. The van der Waals surface area contributed by atoms with Crippen LogP contribution >= 0.6 is 23.2 Å². The lowest BCUT2D eigenvalue weighted by Gasteiger charge is -2.14. The molecule has 116 valence electrons. The summed E-state index contributed by atoms with van der Waals surface area (Å²) >= 11 is 12.2. The average molecular weight is 338 g/mol. The van der Waals surface area contributed by atoms with E-state index < -0.39 is 0 Å². The smallest absolute Gasteiger partial charge is 0.244 e. The second-order valence-corrected chi connectivity index (χ2v) is 5.76. The highest BCUT2D eigenvalue weighted by molar-refractivity contribution is 6.31. The van der Waals surface area contributed by atoms with E-state index in [4.69, 9.17) is 23.2 Å². The van der Waals surface area contributed by atoms with Crippen LogP contribution in [0.2, 0.25) is 10.2 Å². The fraction of sp³-hybridized carbons (Fsp3) is 0.250.